The molecule has 2 nitrogen and oxygen atoms in total. The van der Waals surface area contributed by atoms with Gasteiger partial charge in [-0.05, 0) is 6.92 Å². The van der Waals surface area contributed by atoms with Crippen LogP contribution in [0.1, 0.15) is 11.9 Å². The van der Waals surface area contributed by atoms with Crippen LogP contribution in [-0.4, -0.2) is 11.6 Å². The van der Waals surface area contributed by atoms with Crippen molar-refractivity contribution in [3.05, 3.63) is 11.2 Å². The first-order chi connectivity index (χ1) is 4.33. The summed E-state index contributed by atoms with van der Waals surface area (Å²) in [5, 5.41) is 1.79. The third kappa shape index (κ3) is 2.74. The second-order valence-corrected chi connectivity index (χ2v) is 2.73. The van der Waals surface area contributed by atoms with E-state index in [0.717, 1.165) is 10.1 Å². The van der Waals surface area contributed by atoms with Crippen molar-refractivity contribution >= 4 is 11.3 Å². The van der Waals surface area contributed by atoms with Gasteiger partial charge in [0.2, 0.25) is 0 Å². The zero-order valence-electron chi connectivity index (χ0n) is 6.47. The van der Waals surface area contributed by atoms with Gasteiger partial charge in [-0.1, -0.05) is 18.1 Å². The van der Waals surface area contributed by atoms with Crippen LogP contribution in [0.3, 0.4) is 0 Å². The zero-order valence-corrected chi connectivity index (χ0v) is 7.29. The van der Waals surface area contributed by atoms with Crippen molar-refractivity contribution in [3.63, 3.8) is 0 Å². The second kappa shape index (κ2) is 4.78. The van der Waals surface area contributed by atoms with E-state index in [1.165, 1.54) is 11.3 Å². The molecule has 0 N–H and O–H groups in total. The van der Waals surface area contributed by atoms with Crippen molar-refractivity contribution in [1.29, 1.82) is 0 Å². The van der Waals surface area contributed by atoms with E-state index in [-0.39, 0.29) is 18.9 Å². The molecule has 1 aromatic heterocycles. The normalized spacial score (nSPS) is 8.60. The van der Waals surface area contributed by atoms with Gasteiger partial charge in [-0.2, -0.15) is 0 Å². The van der Waals surface area contributed by atoms with E-state index < -0.39 is 0 Å². The largest absolute Gasteiger partial charge is 1.00 e. The molecule has 0 saturated heterocycles. The van der Waals surface area contributed by atoms with Crippen LogP contribution in [0.4, 0.5) is 0 Å². The fraction of sp³-hybridized carbons (Fsp3) is 0.500. The molecule has 0 aliphatic carbocycles. The van der Waals surface area contributed by atoms with Gasteiger partial charge in [-0.15, -0.1) is 0 Å². The summed E-state index contributed by atoms with van der Waals surface area (Å²) in [6.45, 7) is 4.57. The number of nitrogens with zero attached hydrogens (tertiary/aromatic N) is 1. The molecule has 1 aromatic rings. The molecule has 0 unspecified atom stereocenters. The van der Waals surface area contributed by atoms with E-state index in [1.807, 2.05) is 13.8 Å². The number of hydrogen-bond acceptors (Lipinski definition) is 3. The Morgan fingerprint density at radius 3 is 2.80 bits per heavy atom. The van der Waals surface area contributed by atoms with Crippen LogP contribution in [0, 0.1) is 13.1 Å². The van der Waals surface area contributed by atoms with E-state index in [0.29, 0.717) is 6.61 Å². The molecule has 0 aliphatic heterocycles. The maximum atomic E-state index is 5.13. The molecule has 0 aromatic carbocycles. The van der Waals surface area contributed by atoms with Crippen LogP contribution >= 0.6 is 11.3 Å². The summed E-state index contributed by atoms with van der Waals surface area (Å²) in [6, 6.07) is 0. The van der Waals surface area contributed by atoms with Gasteiger partial charge in [0.25, 0.3) is 0 Å². The Labute approximate surface area is 76.8 Å². The van der Waals surface area contributed by atoms with Crippen molar-refractivity contribution in [2.75, 3.05) is 6.61 Å². The van der Waals surface area contributed by atoms with E-state index in [4.69, 9.17) is 4.74 Å². The van der Waals surface area contributed by atoms with Gasteiger partial charge < -0.3 is 9.72 Å². The van der Waals surface area contributed by atoms with Crippen LogP contribution in [0.15, 0.2) is 0 Å². The molecule has 0 radical (unpaired) electrons. The van der Waals surface area contributed by atoms with E-state index in [9.17, 15) is 0 Å². The fourth-order valence-electron chi connectivity index (χ4n) is 0.497. The molecular weight excluding hydrogens is 141 g/mol. The summed E-state index contributed by atoms with van der Waals surface area (Å²) in [4.78, 5) is 3.90. The van der Waals surface area contributed by atoms with E-state index in [2.05, 4.69) is 11.2 Å². The molecule has 1 rings (SSSR count). The summed E-state index contributed by atoms with van der Waals surface area (Å²) >= 11 is 1.52. The van der Waals surface area contributed by atoms with E-state index >= 15 is 0 Å². The van der Waals surface area contributed by atoms with E-state index in [1.54, 1.807) is 0 Å². The summed E-state index contributed by atoms with van der Waals surface area (Å²) in [5.41, 5.74) is 0. The molecular formula is C6H8LiNOS. The quantitative estimate of drug-likeness (QED) is 0.383. The van der Waals surface area contributed by atoms with Crippen molar-refractivity contribution < 1.29 is 23.6 Å². The Bertz CT molecular complexity index is 190. The average Bonchev–Trinajstić information content (AvgIpc) is 2.17. The molecule has 0 fully saturated rings. The van der Waals surface area contributed by atoms with Crippen LogP contribution in [0.2, 0.25) is 0 Å². The summed E-state index contributed by atoms with van der Waals surface area (Å²) < 4.78 is 5.13. The Morgan fingerprint density at radius 1 is 1.70 bits per heavy atom. The monoisotopic (exact) mass is 149 g/mol. The maximum Gasteiger partial charge on any atom is 1.00 e. The Hall–Kier alpha value is 0.0274. The van der Waals surface area contributed by atoms with Crippen molar-refractivity contribution in [2.24, 2.45) is 0 Å². The minimum atomic E-state index is 0. The molecule has 0 aliphatic rings. The first-order valence-corrected chi connectivity index (χ1v) is 3.62. The summed E-state index contributed by atoms with van der Waals surface area (Å²) in [7, 11) is 0. The molecule has 1 heterocycles. The van der Waals surface area contributed by atoms with Gasteiger partial charge in [0.1, 0.15) is 0 Å². The van der Waals surface area contributed by atoms with Crippen molar-refractivity contribution in [1.82, 2.24) is 4.98 Å². The summed E-state index contributed by atoms with van der Waals surface area (Å²) in [5.74, 6) is 0. The standard InChI is InChI=1S/C6H8NOS.Li/c1-3-8-6-4-7-5(2)9-6;/h3H2,1-2H3;/q-1;+1. The van der Waals surface area contributed by atoms with Gasteiger partial charge in [0.15, 0.2) is 0 Å². The second-order valence-electron chi connectivity index (χ2n) is 1.57. The van der Waals surface area contributed by atoms with Gasteiger partial charge in [-0.3, -0.25) is 0 Å². The third-order valence-electron chi connectivity index (χ3n) is 0.820. The van der Waals surface area contributed by atoms with Crippen LogP contribution in [-0.2, 0) is 0 Å². The van der Waals surface area contributed by atoms with Crippen LogP contribution in [0.25, 0.3) is 0 Å². The Balaban J connectivity index is 0.000000810. The number of ether oxygens (including phenoxy) is 1. The minimum absolute atomic E-state index is 0. The summed E-state index contributed by atoms with van der Waals surface area (Å²) in [6.07, 6.45) is 2.75. The minimum Gasteiger partial charge on any atom is -0.503 e. The van der Waals surface area contributed by atoms with Crippen LogP contribution in [0.5, 0.6) is 5.06 Å². The average molecular weight is 149 g/mol. The van der Waals surface area contributed by atoms with Gasteiger partial charge in [-0.25, -0.2) is 11.3 Å². The van der Waals surface area contributed by atoms with Gasteiger partial charge in [0, 0.05) is 0 Å². The molecule has 0 amide bonds. The fourth-order valence-corrected chi connectivity index (χ4v) is 1.12. The molecule has 50 valence electrons. The number of thiazole rings is 1. The van der Waals surface area contributed by atoms with Gasteiger partial charge >= 0.3 is 18.9 Å². The SMILES string of the molecule is CCOc1[c-]nc(C)s1.[Li+]. The van der Waals surface area contributed by atoms with Crippen molar-refractivity contribution in [3.8, 4) is 5.06 Å². The molecule has 0 bridgehead atoms. The van der Waals surface area contributed by atoms with Gasteiger partial charge in [0.05, 0.1) is 11.7 Å². The smallest absolute Gasteiger partial charge is 0.503 e. The predicted octanol–water partition coefficient (Wildman–Crippen LogP) is -1.35. The molecule has 0 atom stereocenters. The Kier molecular flexibility index (Phi) is 4.80. The predicted molar refractivity (Wildman–Crippen MR) is 36.9 cm³/mol. The number of aromatic nitrogens is 1. The molecule has 4 heteroatoms. The molecule has 0 spiro atoms. The third-order valence-corrected chi connectivity index (χ3v) is 1.60. The first kappa shape index (κ1) is 10.0. The topological polar surface area (TPSA) is 22.1 Å². The number of rotatable bonds is 2. The Morgan fingerprint density at radius 2 is 2.40 bits per heavy atom. The number of aryl methyl sites for hydroxylation is 1. The molecule has 10 heavy (non-hydrogen) atoms. The first-order valence-electron chi connectivity index (χ1n) is 2.81. The van der Waals surface area contributed by atoms with Crippen LogP contribution < -0.4 is 23.6 Å². The molecule has 0 saturated carbocycles. The maximum absolute atomic E-state index is 5.13. The van der Waals surface area contributed by atoms with Crippen molar-refractivity contribution in [2.45, 2.75) is 13.8 Å². The number of hydrogen-bond donors (Lipinski definition) is 0. The zero-order chi connectivity index (χ0) is 6.69.